The highest BCUT2D eigenvalue weighted by Crippen LogP contribution is 2.38. The van der Waals surface area contributed by atoms with Gasteiger partial charge in [-0.15, -0.1) is 0 Å². The van der Waals surface area contributed by atoms with E-state index >= 15 is 0 Å². The molecule has 1 amide bonds. The van der Waals surface area contributed by atoms with E-state index in [4.69, 9.17) is 21.4 Å². The minimum absolute atomic E-state index is 0.00560. The molecule has 1 aliphatic carbocycles. The molecule has 150 valence electrons. The predicted molar refractivity (Wildman–Crippen MR) is 110 cm³/mol. The largest absolute Gasteiger partial charge is 0.483 e. The fourth-order valence-corrected chi connectivity index (χ4v) is 4.18. The average molecular weight is 404 g/mol. The van der Waals surface area contributed by atoms with Gasteiger partial charge in [-0.25, -0.2) is 4.98 Å². The maximum Gasteiger partial charge on any atom is 0.290 e. The fraction of sp³-hybridized carbons (Fsp3) is 0.368. The van der Waals surface area contributed by atoms with Crippen LogP contribution >= 0.6 is 11.3 Å². The Balaban J connectivity index is 0.000000878. The highest BCUT2D eigenvalue weighted by molar-refractivity contribution is 7.15. The molecule has 0 unspecified atom stereocenters. The van der Waals surface area contributed by atoms with E-state index < -0.39 is 0 Å². The van der Waals surface area contributed by atoms with Gasteiger partial charge < -0.3 is 21.5 Å². The Morgan fingerprint density at radius 1 is 1.39 bits per heavy atom. The summed E-state index contributed by atoms with van der Waals surface area (Å²) in [6.45, 7) is 0.444. The summed E-state index contributed by atoms with van der Waals surface area (Å²) >= 11 is 1.48. The predicted octanol–water partition coefficient (Wildman–Crippen LogP) is 1.87. The Bertz CT molecular complexity index is 818. The first-order valence-corrected chi connectivity index (χ1v) is 9.73. The number of hydrogen-bond donors (Lipinski definition) is 3. The van der Waals surface area contributed by atoms with Gasteiger partial charge >= 0.3 is 0 Å². The molecule has 0 saturated heterocycles. The lowest BCUT2D eigenvalue weighted by molar-refractivity contribution is -0.132. The van der Waals surface area contributed by atoms with Crippen molar-refractivity contribution < 1.29 is 14.7 Å². The lowest BCUT2D eigenvalue weighted by Crippen LogP contribution is -2.34. The zero-order chi connectivity index (χ0) is 20.5. The first-order chi connectivity index (χ1) is 13.5. The van der Waals surface area contributed by atoms with Crippen LogP contribution in [0.25, 0.3) is 0 Å². The van der Waals surface area contributed by atoms with E-state index in [0.717, 1.165) is 36.3 Å². The van der Waals surface area contributed by atoms with Crippen LogP contribution in [0.3, 0.4) is 0 Å². The number of aryl methyl sites for hydroxylation is 1. The number of nitrogens with two attached hydrogens (primary N) is 2. The Morgan fingerprint density at radius 3 is 2.71 bits per heavy atom. The molecule has 1 aliphatic rings. The summed E-state index contributed by atoms with van der Waals surface area (Å²) in [6, 6.07) is 10.2. The van der Waals surface area contributed by atoms with Crippen molar-refractivity contribution in [1.82, 2.24) is 9.88 Å². The third-order valence-electron chi connectivity index (χ3n) is 4.42. The van der Waals surface area contributed by atoms with Crippen LogP contribution < -0.4 is 11.5 Å². The topological polar surface area (TPSA) is 135 Å². The van der Waals surface area contributed by atoms with Crippen LogP contribution in [0.15, 0.2) is 35.3 Å². The summed E-state index contributed by atoms with van der Waals surface area (Å²) in [5.74, 6) is -0.0730. The third kappa shape index (κ3) is 5.78. The van der Waals surface area contributed by atoms with Gasteiger partial charge in [0.05, 0.1) is 11.6 Å². The molecule has 1 aromatic carbocycles. The number of benzene rings is 1. The van der Waals surface area contributed by atoms with Crippen LogP contribution in [-0.4, -0.2) is 46.9 Å². The second kappa shape index (κ2) is 10.4. The molecule has 1 atom stereocenters. The van der Waals surface area contributed by atoms with Crippen LogP contribution in [0.1, 0.15) is 34.9 Å². The van der Waals surface area contributed by atoms with E-state index in [1.54, 1.807) is 0 Å². The summed E-state index contributed by atoms with van der Waals surface area (Å²) in [6.07, 6.45) is 3.59. The molecule has 0 bridgehead atoms. The molecule has 8 nitrogen and oxygen atoms in total. The van der Waals surface area contributed by atoms with Crippen LogP contribution in [0.4, 0.5) is 5.13 Å². The Labute approximate surface area is 167 Å². The van der Waals surface area contributed by atoms with Crippen molar-refractivity contribution in [3.63, 3.8) is 0 Å². The number of hydrogen-bond acceptors (Lipinski definition) is 5. The number of nitrogens with zero attached hydrogens (tertiary/aromatic N) is 3. The van der Waals surface area contributed by atoms with Crippen molar-refractivity contribution in [2.45, 2.75) is 31.6 Å². The summed E-state index contributed by atoms with van der Waals surface area (Å²) in [4.78, 5) is 32.8. The van der Waals surface area contributed by atoms with Crippen molar-refractivity contribution in [2.75, 3.05) is 13.6 Å². The lowest BCUT2D eigenvalue weighted by atomic mass is 9.90. The standard InChI is InChI=1S/C18H23N5OS.CH2O2/c1-23(11-10-12-6-3-2-4-7-12)16(24)13-8-5-9-14-15(13)21-18(25-14)22-17(19)20;2-1-3/h2-4,6-7,13H,5,8-11H2,1H3,(H4,19,20,21,22);1H,(H,2,3)/t13-;/m0./s1. The number of aromatic nitrogens is 1. The number of aliphatic imine (C=N–C) groups is 1. The van der Waals surface area contributed by atoms with E-state index in [2.05, 4.69) is 22.1 Å². The first kappa shape index (κ1) is 21.4. The summed E-state index contributed by atoms with van der Waals surface area (Å²) in [5.41, 5.74) is 13.0. The second-order valence-electron chi connectivity index (χ2n) is 6.39. The van der Waals surface area contributed by atoms with Gasteiger partial charge in [0.2, 0.25) is 11.0 Å². The fourth-order valence-electron chi connectivity index (χ4n) is 3.12. The van der Waals surface area contributed by atoms with Crippen molar-refractivity contribution in [3.05, 3.63) is 46.5 Å². The van der Waals surface area contributed by atoms with Crippen molar-refractivity contribution in [2.24, 2.45) is 16.5 Å². The van der Waals surface area contributed by atoms with Gasteiger partial charge in [-0.05, 0) is 31.2 Å². The lowest BCUT2D eigenvalue weighted by Gasteiger charge is -2.26. The Kier molecular flexibility index (Phi) is 7.94. The van der Waals surface area contributed by atoms with Gasteiger partial charge in [-0.1, -0.05) is 41.7 Å². The molecule has 9 heteroatoms. The van der Waals surface area contributed by atoms with Gasteiger partial charge in [-0.2, -0.15) is 4.99 Å². The number of thiazole rings is 1. The minimum atomic E-state index is -0.250. The van der Waals surface area contributed by atoms with E-state index in [9.17, 15) is 4.79 Å². The molecule has 0 spiro atoms. The summed E-state index contributed by atoms with van der Waals surface area (Å²) < 4.78 is 0. The van der Waals surface area contributed by atoms with Crippen LogP contribution in [-0.2, 0) is 22.4 Å². The molecule has 3 rings (SSSR count). The number of carbonyl (C=O) groups is 2. The second-order valence-corrected chi connectivity index (χ2v) is 7.45. The number of amides is 1. The normalized spacial score (nSPS) is 14.8. The molecular formula is C19H25N5O3S. The third-order valence-corrected chi connectivity index (χ3v) is 5.45. The number of fused-ring (bicyclic) bond motifs is 1. The minimum Gasteiger partial charge on any atom is -0.483 e. The highest BCUT2D eigenvalue weighted by atomic mass is 32.1. The van der Waals surface area contributed by atoms with Gasteiger partial charge in [0.1, 0.15) is 0 Å². The number of likely N-dealkylation sites (N-methyl/N-ethyl adjacent to an activating group) is 1. The van der Waals surface area contributed by atoms with Gasteiger partial charge in [0.25, 0.3) is 6.47 Å². The van der Waals surface area contributed by atoms with E-state index in [0.29, 0.717) is 11.7 Å². The molecular weight excluding hydrogens is 378 g/mol. The Hall–Kier alpha value is -2.94. The monoisotopic (exact) mass is 403 g/mol. The number of carbonyl (C=O) groups excluding carboxylic acids is 1. The zero-order valence-corrected chi connectivity index (χ0v) is 16.6. The van der Waals surface area contributed by atoms with Crippen LogP contribution in [0, 0.1) is 0 Å². The summed E-state index contributed by atoms with van der Waals surface area (Å²) in [7, 11) is 1.86. The molecule has 0 radical (unpaired) electrons. The number of rotatable bonds is 5. The molecule has 5 N–H and O–H groups in total. The van der Waals surface area contributed by atoms with Gasteiger partial charge in [0, 0.05) is 18.5 Å². The molecule has 0 fully saturated rings. The molecule has 0 aliphatic heterocycles. The smallest absolute Gasteiger partial charge is 0.290 e. The molecule has 2 aromatic rings. The first-order valence-electron chi connectivity index (χ1n) is 8.92. The maximum atomic E-state index is 12.9. The van der Waals surface area contributed by atoms with Gasteiger partial charge in [-0.3, -0.25) is 9.59 Å². The van der Waals surface area contributed by atoms with Crippen molar-refractivity contribution >= 4 is 34.8 Å². The molecule has 1 aromatic heterocycles. The molecule has 0 saturated carbocycles. The maximum absolute atomic E-state index is 12.9. The number of guanidine groups is 1. The van der Waals surface area contributed by atoms with Crippen LogP contribution in [0.5, 0.6) is 0 Å². The van der Waals surface area contributed by atoms with E-state index in [-0.39, 0.29) is 24.3 Å². The molecule has 28 heavy (non-hydrogen) atoms. The SMILES string of the molecule is CN(CCc1ccccc1)C(=O)[C@H]1CCCc2sc(N=C(N)N)nc21.O=CO. The highest BCUT2D eigenvalue weighted by Gasteiger charge is 2.32. The molecule has 1 heterocycles. The van der Waals surface area contributed by atoms with Crippen molar-refractivity contribution in [1.29, 1.82) is 0 Å². The zero-order valence-electron chi connectivity index (χ0n) is 15.7. The Morgan fingerprint density at radius 2 is 2.07 bits per heavy atom. The quantitative estimate of drug-likeness (QED) is 0.396. The number of carboxylic acid groups (broad SMARTS) is 1. The summed E-state index contributed by atoms with van der Waals surface area (Å²) in [5, 5.41) is 7.43. The van der Waals surface area contributed by atoms with Crippen molar-refractivity contribution in [3.8, 4) is 0 Å². The average Bonchev–Trinajstić information content (AvgIpc) is 3.08. The van der Waals surface area contributed by atoms with E-state index in [1.165, 1.54) is 16.9 Å². The van der Waals surface area contributed by atoms with Crippen LogP contribution in [0.2, 0.25) is 0 Å². The van der Waals surface area contributed by atoms with Gasteiger partial charge in [0.15, 0.2) is 5.96 Å². The van der Waals surface area contributed by atoms with E-state index in [1.807, 2.05) is 30.1 Å².